The number of rotatable bonds is 14. The van der Waals surface area contributed by atoms with Crippen molar-refractivity contribution in [3.05, 3.63) is 118 Å². The van der Waals surface area contributed by atoms with E-state index in [1.807, 2.05) is 48.5 Å². The Labute approximate surface area is 330 Å². The number of hydrogen-bond acceptors (Lipinski definition) is 12. The zero-order chi connectivity index (χ0) is 38.1. The van der Waals surface area contributed by atoms with Crippen molar-refractivity contribution >= 4 is 45.7 Å². The third kappa shape index (κ3) is 10.8. The van der Waals surface area contributed by atoms with Crippen LogP contribution in [-0.4, -0.2) is 61.3 Å². The molecule has 1 aliphatic rings. The van der Waals surface area contributed by atoms with Crippen molar-refractivity contribution in [2.45, 2.75) is 36.3 Å². The Kier molecular flexibility index (Phi) is 14.1. The maximum atomic E-state index is 13.4. The predicted octanol–water partition coefficient (Wildman–Crippen LogP) is 1.51. The number of benzene rings is 4. The van der Waals surface area contributed by atoms with E-state index in [-0.39, 0.29) is 84.2 Å². The van der Waals surface area contributed by atoms with Gasteiger partial charge in [0.15, 0.2) is 0 Å². The van der Waals surface area contributed by atoms with Crippen LogP contribution in [0.3, 0.4) is 0 Å². The first kappa shape index (κ1) is 41.2. The number of ether oxygens (including phenoxy) is 3. The van der Waals surface area contributed by atoms with Gasteiger partial charge in [0.25, 0.3) is 5.69 Å². The van der Waals surface area contributed by atoms with Crippen molar-refractivity contribution in [3.63, 3.8) is 0 Å². The number of primary amides is 1. The summed E-state index contributed by atoms with van der Waals surface area (Å²) in [6.07, 6.45) is -2.02. The number of nitro groups is 1. The molecule has 4 aromatic carbocycles. The maximum Gasteiger partial charge on any atom is 1.00 e. The van der Waals surface area contributed by atoms with E-state index in [0.717, 1.165) is 58.7 Å². The summed E-state index contributed by atoms with van der Waals surface area (Å²) in [5.74, 6) is -1.15. The molecule has 17 nitrogen and oxygen atoms in total. The van der Waals surface area contributed by atoms with Gasteiger partial charge in [-0.3, -0.25) is 14.9 Å². The van der Waals surface area contributed by atoms with E-state index in [4.69, 9.17) is 19.9 Å². The Hall–Kier alpha value is -5.53. The number of nitrogens with two attached hydrogens (primary N) is 1. The molecular weight excluding hydrogens is 737 g/mol. The van der Waals surface area contributed by atoms with Crippen LogP contribution in [0.5, 0.6) is 5.75 Å². The van der Waals surface area contributed by atoms with E-state index in [0.29, 0.717) is 0 Å². The summed E-state index contributed by atoms with van der Waals surface area (Å²) < 4.78 is 51.9. The molecule has 54 heavy (non-hydrogen) atoms. The van der Waals surface area contributed by atoms with Gasteiger partial charge in [0.2, 0.25) is 5.91 Å². The van der Waals surface area contributed by atoms with Crippen molar-refractivity contribution in [3.8, 4) is 16.9 Å². The average Bonchev–Trinajstić information content (AvgIpc) is 3.44. The molecule has 19 heteroatoms. The monoisotopic (exact) mass is 769 g/mol. The van der Waals surface area contributed by atoms with Crippen molar-refractivity contribution in [2.24, 2.45) is 5.73 Å². The number of carbonyl (C=O) groups excluding carboxylic acids is 4. The van der Waals surface area contributed by atoms with Crippen molar-refractivity contribution < 1.29 is 80.8 Å². The van der Waals surface area contributed by atoms with Gasteiger partial charge in [-0.25, -0.2) is 22.8 Å². The number of non-ortho nitro benzene ring substituents is 1. The van der Waals surface area contributed by atoms with Crippen LogP contribution < -0.4 is 56.0 Å². The topological polar surface area (TPSA) is 258 Å². The molecule has 4 aromatic rings. The van der Waals surface area contributed by atoms with Crippen LogP contribution in [0.1, 0.15) is 35.4 Å². The van der Waals surface area contributed by atoms with E-state index < -0.39 is 56.8 Å². The Balaban J connectivity index is 0.00000650. The molecule has 0 aliphatic heterocycles. The van der Waals surface area contributed by atoms with Gasteiger partial charge < -0.3 is 40.4 Å². The fourth-order valence-corrected chi connectivity index (χ4v) is 6.40. The molecule has 1 unspecified atom stereocenters. The van der Waals surface area contributed by atoms with E-state index in [9.17, 15) is 42.3 Å². The van der Waals surface area contributed by atoms with Crippen LogP contribution in [0, 0.1) is 10.1 Å². The second-order valence-corrected chi connectivity index (χ2v) is 13.0. The Morgan fingerprint density at radius 1 is 0.889 bits per heavy atom. The maximum absolute atomic E-state index is 13.4. The van der Waals surface area contributed by atoms with Gasteiger partial charge in [0.1, 0.15) is 35.1 Å². The van der Waals surface area contributed by atoms with Crippen LogP contribution in [0.2, 0.25) is 0 Å². The summed E-state index contributed by atoms with van der Waals surface area (Å²) in [5.41, 5.74) is 8.49. The molecule has 0 aromatic heterocycles. The van der Waals surface area contributed by atoms with E-state index in [1.54, 1.807) is 0 Å². The zero-order valence-electron chi connectivity index (χ0n) is 28.7. The standard InChI is InChI=1S/C35H33N5O12S.Na/c36-33(42)37-17-5-10-30(39-34(43)50-20-29-27-8-3-1-6-25(27)26-7-2-4-9-28(26)29)32(41)38-22-12-11-21(31(18-22)53(47,48)49)19-51-35(44)52-24-15-13-23(14-16-24)40(45)46;/h1-4,6-9,11-16,18,29-30H,5,10,17,19-20H2,(H,38,41)(H,39,43)(H3,36,37,42)(H,47,48,49);/q;+1/p-1. The average molecular weight is 770 g/mol. The zero-order valence-corrected chi connectivity index (χ0v) is 31.5. The first-order valence-electron chi connectivity index (χ1n) is 15.9. The SMILES string of the molecule is NC(=O)NCCCC(NC(=O)OCC1c2ccccc2-c2ccccc21)C(=O)Nc1ccc(COC(=O)Oc2ccc([N+](=O)[O-])cc2)c(S(=O)(=O)[O-])c1.[Na+]. The molecule has 1 aliphatic carbocycles. The smallest absolute Gasteiger partial charge is 0.744 e. The first-order valence-corrected chi connectivity index (χ1v) is 17.3. The van der Waals surface area contributed by atoms with Gasteiger partial charge in [0.05, 0.1) is 9.82 Å². The minimum absolute atomic E-state index is 0. The number of fused-ring (bicyclic) bond motifs is 3. The number of nitro benzene ring substituents is 1. The third-order valence-corrected chi connectivity index (χ3v) is 9.04. The van der Waals surface area contributed by atoms with Crippen LogP contribution in [0.15, 0.2) is 95.9 Å². The van der Waals surface area contributed by atoms with E-state index in [1.165, 1.54) is 6.07 Å². The molecule has 276 valence electrons. The second kappa shape index (κ2) is 18.5. The summed E-state index contributed by atoms with van der Waals surface area (Å²) in [6.45, 7) is -0.686. The quantitative estimate of drug-likeness (QED) is 0.0271. The molecule has 0 heterocycles. The number of carbonyl (C=O) groups is 4. The largest absolute Gasteiger partial charge is 1.00 e. The molecule has 5 N–H and O–H groups in total. The molecule has 1 atom stereocenters. The molecule has 4 amide bonds. The fraction of sp³-hybridized carbons (Fsp3) is 0.200. The summed E-state index contributed by atoms with van der Waals surface area (Å²) >= 11 is 0. The van der Waals surface area contributed by atoms with Gasteiger partial charge in [0, 0.05) is 35.8 Å². The first-order chi connectivity index (χ1) is 25.3. The number of amides is 4. The minimum Gasteiger partial charge on any atom is -0.744 e. The Morgan fingerprint density at radius 2 is 1.52 bits per heavy atom. The minimum atomic E-state index is -5.17. The van der Waals surface area contributed by atoms with Gasteiger partial charge in [-0.05, 0) is 59.4 Å². The molecule has 0 saturated carbocycles. The van der Waals surface area contributed by atoms with Crippen LogP contribution in [0.4, 0.5) is 25.8 Å². The molecule has 0 saturated heterocycles. The normalized spacial score (nSPS) is 12.2. The Morgan fingerprint density at radius 3 is 2.11 bits per heavy atom. The van der Waals surface area contributed by atoms with E-state index in [2.05, 4.69) is 16.0 Å². The number of anilines is 1. The van der Waals surface area contributed by atoms with Crippen molar-refractivity contribution in [1.82, 2.24) is 10.6 Å². The molecule has 5 rings (SSSR count). The number of alkyl carbamates (subject to hydrolysis) is 1. The Bertz CT molecular complexity index is 2100. The van der Waals surface area contributed by atoms with Crippen molar-refractivity contribution in [2.75, 3.05) is 18.5 Å². The molecule has 0 radical (unpaired) electrons. The number of urea groups is 1. The second-order valence-electron chi connectivity index (χ2n) is 11.6. The van der Waals surface area contributed by atoms with Gasteiger partial charge in [-0.2, -0.15) is 0 Å². The molecule has 0 fully saturated rings. The summed E-state index contributed by atoms with van der Waals surface area (Å²) in [6, 6.07) is 21.2. The molecule has 0 bridgehead atoms. The van der Waals surface area contributed by atoms with Crippen LogP contribution in [-0.2, 0) is 31.0 Å². The van der Waals surface area contributed by atoms with Crippen LogP contribution in [0.25, 0.3) is 11.1 Å². The van der Waals surface area contributed by atoms with Gasteiger partial charge >= 0.3 is 47.8 Å². The molecular formula is C35H32N5NaO12S. The van der Waals surface area contributed by atoms with E-state index >= 15 is 0 Å². The summed E-state index contributed by atoms with van der Waals surface area (Å²) in [7, 11) is -5.17. The number of nitrogens with zero attached hydrogens (tertiary/aromatic N) is 1. The third-order valence-electron chi connectivity index (χ3n) is 8.12. The molecule has 0 spiro atoms. The summed E-state index contributed by atoms with van der Waals surface area (Å²) in [5, 5.41) is 18.2. The number of nitrogens with one attached hydrogen (secondary N) is 3. The van der Waals surface area contributed by atoms with Crippen LogP contribution >= 0.6 is 0 Å². The summed E-state index contributed by atoms with van der Waals surface area (Å²) in [4.78, 5) is 59.1. The van der Waals surface area contributed by atoms with Gasteiger partial charge in [-0.15, -0.1) is 0 Å². The van der Waals surface area contributed by atoms with Gasteiger partial charge in [-0.1, -0.05) is 54.6 Å². The fourth-order valence-electron chi connectivity index (χ4n) is 5.68. The number of hydrogen-bond donors (Lipinski definition) is 4. The van der Waals surface area contributed by atoms with Crippen molar-refractivity contribution in [1.29, 1.82) is 0 Å². The predicted molar refractivity (Wildman–Crippen MR) is 186 cm³/mol.